The molecule has 0 spiro atoms. The zero-order chi connectivity index (χ0) is 22.0. The summed E-state index contributed by atoms with van der Waals surface area (Å²) in [5.41, 5.74) is 1.75. The number of nitrogens with zero attached hydrogens (tertiary/aromatic N) is 2. The van der Waals surface area contributed by atoms with Crippen LogP contribution in [0.3, 0.4) is 0 Å². The molecule has 0 saturated heterocycles. The molecule has 1 N–H and O–H groups in total. The first kappa shape index (κ1) is 21.3. The van der Waals surface area contributed by atoms with Crippen LogP contribution in [0.25, 0.3) is 10.2 Å². The van der Waals surface area contributed by atoms with Crippen molar-refractivity contribution in [2.45, 2.75) is 18.4 Å². The number of para-hydroxylation sites is 1. The van der Waals surface area contributed by atoms with Crippen molar-refractivity contribution in [2.24, 2.45) is 4.99 Å². The molecule has 4 aromatic rings. The lowest BCUT2D eigenvalue weighted by Crippen LogP contribution is -2.16. The molecule has 0 atom stereocenters. The number of fused-ring (bicyclic) bond motifs is 1. The first-order valence-electron chi connectivity index (χ1n) is 9.43. The van der Waals surface area contributed by atoms with E-state index in [0.29, 0.717) is 27.6 Å². The summed E-state index contributed by atoms with van der Waals surface area (Å²) in [6, 6.07) is 20.0. The molecule has 158 valence electrons. The van der Waals surface area contributed by atoms with Gasteiger partial charge in [0, 0.05) is 22.8 Å². The van der Waals surface area contributed by atoms with E-state index in [-0.39, 0.29) is 10.8 Å². The number of benzene rings is 3. The standard InChI is InChI=1S/C22H18ClN3O3S2/c1-2-26-19-5-3-4-6-20(19)30-22(26)24-21(27)15-7-11-17(12-8-15)25-31(28,29)18-13-9-16(23)10-14-18/h3-14,25H,2H2,1H3. The van der Waals surface area contributed by atoms with Crippen molar-refractivity contribution in [3.05, 3.63) is 88.2 Å². The Morgan fingerprint density at radius 2 is 1.71 bits per heavy atom. The van der Waals surface area contributed by atoms with Crippen molar-refractivity contribution >= 4 is 54.8 Å². The molecule has 0 aliphatic carbocycles. The Morgan fingerprint density at radius 1 is 1.03 bits per heavy atom. The van der Waals surface area contributed by atoms with Crippen molar-refractivity contribution in [3.8, 4) is 0 Å². The number of carbonyl (C=O) groups excluding carboxylic acids is 1. The smallest absolute Gasteiger partial charge is 0.279 e. The lowest BCUT2D eigenvalue weighted by Gasteiger charge is -2.08. The molecule has 1 heterocycles. The van der Waals surface area contributed by atoms with Crippen molar-refractivity contribution in [1.82, 2.24) is 4.57 Å². The van der Waals surface area contributed by atoms with Gasteiger partial charge in [0.05, 0.1) is 15.1 Å². The van der Waals surface area contributed by atoms with Crippen molar-refractivity contribution in [3.63, 3.8) is 0 Å². The number of halogens is 1. The molecule has 1 amide bonds. The third-order valence-corrected chi connectivity index (χ3v) is 7.32. The minimum absolute atomic E-state index is 0.0981. The summed E-state index contributed by atoms with van der Waals surface area (Å²) in [6.07, 6.45) is 0. The Bertz CT molecular complexity index is 1420. The van der Waals surface area contributed by atoms with E-state index >= 15 is 0 Å². The van der Waals surface area contributed by atoms with E-state index in [9.17, 15) is 13.2 Å². The summed E-state index contributed by atoms with van der Waals surface area (Å²) in [5, 5.41) is 0.452. The quantitative estimate of drug-likeness (QED) is 0.448. The highest BCUT2D eigenvalue weighted by Crippen LogP contribution is 2.20. The Balaban J connectivity index is 1.58. The maximum atomic E-state index is 12.7. The molecule has 0 unspecified atom stereocenters. The monoisotopic (exact) mass is 471 g/mol. The molecule has 0 bridgehead atoms. The highest BCUT2D eigenvalue weighted by Gasteiger charge is 2.14. The molecule has 0 radical (unpaired) electrons. The molecule has 0 saturated carbocycles. The van der Waals surface area contributed by atoms with Crippen LogP contribution in [0.1, 0.15) is 17.3 Å². The van der Waals surface area contributed by atoms with Crippen LogP contribution in [0.15, 0.2) is 82.7 Å². The number of aromatic nitrogens is 1. The predicted octanol–water partition coefficient (Wildman–Crippen LogP) is 4.92. The normalized spacial score (nSPS) is 12.3. The summed E-state index contributed by atoms with van der Waals surface area (Å²) in [6.45, 7) is 2.70. The van der Waals surface area contributed by atoms with Crippen LogP contribution < -0.4 is 9.52 Å². The van der Waals surface area contributed by atoms with Gasteiger partial charge >= 0.3 is 0 Å². The van der Waals surface area contributed by atoms with Gasteiger partial charge in [-0.3, -0.25) is 9.52 Å². The maximum absolute atomic E-state index is 12.7. The van der Waals surface area contributed by atoms with E-state index in [1.165, 1.54) is 47.7 Å². The van der Waals surface area contributed by atoms with E-state index < -0.39 is 10.0 Å². The molecule has 3 aromatic carbocycles. The van der Waals surface area contributed by atoms with Gasteiger partial charge in [0.1, 0.15) is 0 Å². The van der Waals surface area contributed by atoms with E-state index in [4.69, 9.17) is 11.6 Å². The SMILES string of the molecule is CCn1c(=NC(=O)c2ccc(NS(=O)(=O)c3ccc(Cl)cc3)cc2)sc2ccccc21. The second-order valence-corrected chi connectivity index (χ2v) is 9.78. The number of aryl methyl sites for hydroxylation is 1. The van der Waals surface area contributed by atoms with E-state index in [2.05, 4.69) is 9.71 Å². The van der Waals surface area contributed by atoms with Gasteiger partial charge in [-0.15, -0.1) is 0 Å². The van der Waals surface area contributed by atoms with Gasteiger partial charge in [0.25, 0.3) is 15.9 Å². The van der Waals surface area contributed by atoms with Gasteiger partial charge in [0.2, 0.25) is 0 Å². The van der Waals surface area contributed by atoms with Gasteiger partial charge in [-0.2, -0.15) is 4.99 Å². The number of rotatable bonds is 5. The van der Waals surface area contributed by atoms with Crippen molar-refractivity contribution in [2.75, 3.05) is 4.72 Å². The molecule has 9 heteroatoms. The molecule has 4 rings (SSSR count). The first-order chi connectivity index (χ1) is 14.9. The van der Waals surface area contributed by atoms with Crippen LogP contribution >= 0.6 is 22.9 Å². The van der Waals surface area contributed by atoms with Crippen LogP contribution in [-0.2, 0) is 16.6 Å². The Kier molecular flexibility index (Phi) is 5.95. The largest absolute Gasteiger partial charge is 0.317 e. The fourth-order valence-electron chi connectivity index (χ4n) is 3.07. The lowest BCUT2D eigenvalue weighted by atomic mass is 10.2. The average molecular weight is 472 g/mol. The molecule has 0 fully saturated rings. The summed E-state index contributed by atoms with van der Waals surface area (Å²) in [7, 11) is -3.75. The van der Waals surface area contributed by atoms with Gasteiger partial charge in [-0.1, -0.05) is 35.1 Å². The third kappa shape index (κ3) is 4.56. The van der Waals surface area contributed by atoms with E-state index in [1.807, 2.05) is 35.8 Å². The number of anilines is 1. The van der Waals surface area contributed by atoms with Crippen molar-refractivity contribution in [1.29, 1.82) is 0 Å². The maximum Gasteiger partial charge on any atom is 0.279 e. The summed E-state index contributed by atoms with van der Waals surface area (Å²) < 4.78 is 30.5. The molecular weight excluding hydrogens is 454 g/mol. The molecule has 31 heavy (non-hydrogen) atoms. The fourth-order valence-corrected chi connectivity index (χ4v) is 5.35. The number of thiazole rings is 1. The topological polar surface area (TPSA) is 80.5 Å². The van der Waals surface area contributed by atoms with Gasteiger partial charge in [-0.25, -0.2) is 8.42 Å². The molecule has 6 nitrogen and oxygen atoms in total. The van der Waals surface area contributed by atoms with E-state index in [0.717, 1.165) is 10.2 Å². The molecule has 1 aromatic heterocycles. The zero-order valence-electron chi connectivity index (χ0n) is 16.4. The van der Waals surface area contributed by atoms with Gasteiger partial charge in [-0.05, 0) is 67.6 Å². The minimum Gasteiger partial charge on any atom is -0.317 e. The highest BCUT2D eigenvalue weighted by molar-refractivity contribution is 7.92. The number of hydrogen-bond donors (Lipinski definition) is 1. The van der Waals surface area contributed by atoms with Crippen LogP contribution in [0.5, 0.6) is 0 Å². The van der Waals surface area contributed by atoms with Crippen LogP contribution in [-0.4, -0.2) is 18.9 Å². The van der Waals surface area contributed by atoms with Crippen LogP contribution in [0.4, 0.5) is 5.69 Å². The number of nitrogens with one attached hydrogen (secondary N) is 1. The molecular formula is C22H18ClN3O3S2. The van der Waals surface area contributed by atoms with Crippen molar-refractivity contribution < 1.29 is 13.2 Å². The second-order valence-electron chi connectivity index (χ2n) is 6.65. The third-order valence-electron chi connectivity index (χ3n) is 4.61. The number of amides is 1. The highest BCUT2D eigenvalue weighted by atomic mass is 35.5. The molecule has 0 aliphatic rings. The lowest BCUT2D eigenvalue weighted by molar-refractivity contribution is 0.0998. The number of hydrogen-bond acceptors (Lipinski definition) is 4. The van der Waals surface area contributed by atoms with Crippen LogP contribution in [0.2, 0.25) is 5.02 Å². The Morgan fingerprint density at radius 3 is 2.39 bits per heavy atom. The fraction of sp³-hybridized carbons (Fsp3) is 0.0909. The Hall–Kier alpha value is -2.94. The summed E-state index contributed by atoms with van der Waals surface area (Å²) in [5.74, 6) is -0.388. The van der Waals surface area contributed by atoms with Gasteiger partial charge in [0.15, 0.2) is 4.80 Å². The van der Waals surface area contributed by atoms with E-state index in [1.54, 1.807) is 12.1 Å². The summed E-state index contributed by atoms with van der Waals surface area (Å²) in [4.78, 5) is 17.7. The van der Waals surface area contributed by atoms with Gasteiger partial charge < -0.3 is 4.57 Å². The predicted molar refractivity (Wildman–Crippen MR) is 124 cm³/mol. The summed E-state index contributed by atoms with van der Waals surface area (Å²) >= 11 is 7.27. The Labute approximate surface area is 188 Å². The number of carbonyl (C=O) groups is 1. The van der Waals surface area contributed by atoms with Crippen LogP contribution in [0, 0.1) is 0 Å². The minimum atomic E-state index is -3.75. The molecule has 0 aliphatic heterocycles. The average Bonchev–Trinajstić information content (AvgIpc) is 3.11. The second kappa shape index (κ2) is 8.66. The zero-order valence-corrected chi connectivity index (χ0v) is 18.8. The number of sulfonamides is 1. The first-order valence-corrected chi connectivity index (χ1v) is 12.1.